The number of thioether (sulfide) groups is 1. The van der Waals surface area contributed by atoms with Crippen LogP contribution in [0.3, 0.4) is 0 Å². The van der Waals surface area contributed by atoms with E-state index in [1.165, 1.54) is 18.9 Å². The van der Waals surface area contributed by atoms with Crippen molar-refractivity contribution in [1.29, 1.82) is 0 Å². The van der Waals surface area contributed by atoms with Crippen molar-refractivity contribution in [1.82, 2.24) is 19.7 Å². The first-order chi connectivity index (χ1) is 16.1. The second-order valence-electron chi connectivity index (χ2n) is 6.76. The minimum atomic E-state index is -0.227. The van der Waals surface area contributed by atoms with Crippen molar-refractivity contribution in [2.24, 2.45) is 0 Å². The number of anilines is 1. The van der Waals surface area contributed by atoms with Gasteiger partial charge in [0, 0.05) is 28.7 Å². The lowest BCUT2D eigenvalue weighted by molar-refractivity contribution is -0.113. The van der Waals surface area contributed by atoms with Gasteiger partial charge in [0.1, 0.15) is 11.5 Å². The molecule has 1 amide bonds. The molecule has 0 fully saturated rings. The lowest BCUT2D eigenvalue weighted by atomic mass is 10.2. The van der Waals surface area contributed by atoms with Crippen molar-refractivity contribution < 1.29 is 14.3 Å². The molecule has 33 heavy (non-hydrogen) atoms. The summed E-state index contributed by atoms with van der Waals surface area (Å²) in [5, 5.41) is 12.6. The van der Waals surface area contributed by atoms with Crippen LogP contribution in [0, 0.1) is 0 Å². The van der Waals surface area contributed by atoms with Crippen molar-refractivity contribution >= 4 is 35.0 Å². The highest BCUT2D eigenvalue weighted by atomic mass is 35.5. The highest BCUT2D eigenvalue weighted by Gasteiger charge is 2.18. The van der Waals surface area contributed by atoms with Crippen molar-refractivity contribution in [2.45, 2.75) is 5.16 Å². The maximum Gasteiger partial charge on any atom is 0.234 e. The summed E-state index contributed by atoms with van der Waals surface area (Å²) in [5.74, 6) is 1.79. The number of nitrogens with one attached hydrogen (secondary N) is 1. The Balaban J connectivity index is 1.59. The molecule has 0 spiro atoms. The Morgan fingerprint density at radius 3 is 2.48 bits per heavy atom. The Kier molecular flexibility index (Phi) is 7.11. The summed E-state index contributed by atoms with van der Waals surface area (Å²) in [6, 6.07) is 16.3. The average molecular weight is 482 g/mol. The van der Waals surface area contributed by atoms with Gasteiger partial charge in [-0.2, -0.15) is 0 Å². The van der Waals surface area contributed by atoms with E-state index in [1.54, 1.807) is 37.7 Å². The van der Waals surface area contributed by atoms with Gasteiger partial charge < -0.3 is 14.8 Å². The maximum absolute atomic E-state index is 12.7. The van der Waals surface area contributed by atoms with Gasteiger partial charge in [-0.15, -0.1) is 10.2 Å². The van der Waals surface area contributed by atoms with E-state index in [0.717, 1.165) is 17.0 Å². The minimum absolute atomic E-state index is 0.111. The Morgan fingerprint density at radius 1 is 1.03 bits per heavy atom. The quantitative estimate of drug-likeness (QED) is 0.364. The molecule has 2 heterocycles. The number of hydrogen-bond donors (Lipinski definition) is 1. The van der Waals surface area contributed by atoms with E-state index in [1.807, 2.05) is 41.0 Å². The van der Waals surface area contributed by atoms with Crippen LogP contribution in [0.5, 0.6) is 11.5 Å². The Bertz CT molecular complexity index is 1250. The van der Waals surface area contributed by atoms with E-state index in [-0.39, 0.29) is 11.7 Å². The van der Waals surface area contributed by atoms with Gasteiger partial charge in [0.25, 0.3) is 0 Å². The van der Waals surface area contributed by atoms with Crippen LogP contribution in [-0.4, -0.2) is 45.6 Å². The Morgan fingerprint density at radius 2 is 1.79 bits per heavy atom. The molecule has 0 saturated carbocycles. The zero-order valence-corrected chi connectivity index (χ0v) is 19.4. The first kappa shape index (κ1) is 22.6. The van der Waals surface area contributed by atoms with E-state index in [0.29, 0.717) is 27.4 Å². The molecule has 8 nitrogen and oxygen atoms in total. The zero-order valence-electron chi connectivity index (χ0n) is 17.9. The van der Waals surface area contributed by atoms with Gasteiger partial charge in [-0.25, -0.2) is 0 Å². The lowest BCUT2D eigenvalue weighted by Crippen LogP contribution is -2.15. The lowest BCUT2D eigenvalue weighted by Gasteiger charge is -2.12. The number of pyridine rings is 1. The molecule has 0 bridgehead atoms. The molecule has 10 heteroatoms. The second kappa shape index (κ2) is 10.4. The fraction of sp³-hybridized carbons (Fsp3) is 0.130. The van der Waals surface area contributed by atoms with E-state index in [9.17, 15) is 4.79 Å². The molecule has 168 valence electrons. The van der Waals surface area contributed by atoms with Gasteiger partial charge in [-0.05, 0) is 54.6 Å². The van der Waals surface area contributed by atoms with Gasteiger partial charge in [0.15, 0.2) is 11.0 Å². The molecular formula is C23H20ClN5O3S. The number of carbonyl (C=O) groups is 1. The maximum atomic E-state index is 12.7. The molecule has 1 N–H and O–H groups in total. The first-order valence-corrected chi connectivity index (χ1v) is 11.2. The van der Waals surface area contributed by atoms with Crippen LogP contribution < -0.4 is 14.8 Å². The highest BCUT2D eigenvalue weighted by molar-refractivity contribution is 7.99. The number of halogens is 1. The largest absolute Gasteiger partial charge is 0.497 e. The summed E-state index contributed by atoms with van der Waals surface area (Å²) in [5.41, 5.74) is 2.20. The average Bonchev–Trinajstić information content (AvgIpc) is 3.27. The number of benzene rings is 2. The fourth-order valence-corrected chi connectivity index (χ4v) is 4.03. The van der Waals surface area contributed by atoms with E-state index in [4.69, 9.17) is 21.1 Å². The molecule has 4 aromatic rings. The molecule has 0 unspecified atom stereocenters. The number of ether oxygens (including phenoxy) is 2. The Labute approximate surface area is 199 Å². The molecule has 0 aliphatic carbocycles. The molecule has 0 radical (unpaired) electrons. The van der Waals surface area contributed by atoms with E-state index in [2.05, 4.69) is 20.5 Å². The van der Waals surface area contributed by atoms with Crippen molar-refractivity contribution in [3.8, 4) is 28.6 Å². The molecule has 2 aromatic carbocycles. The summed E-state index contributed by atoms with van der Waals surface area (Å²) in [6.45, 7) is 0. The van der Waals surface area contributed by atoms with Gasteiger partial charge in [-0.1, -0.05) is 23.4 Å². The van der Waals surface area contributed by atoms with Crippen LogP contribution in [-0.2, 0) is 4.79 Å². The topological polar surface area (TPSA) is 91.2 Å². The van der Waals surface area contributed by atoms with Crippen LogP contribution in [0.4, 0.5) is 5.69 Å². The standard InChI is InChI=1S/C23H20ClN5O3S/c1-31-18-6-4-17(5-7-18)29-22(15-9-11-25-12-10-15)27-28-23(29)33-14-21(30)26-19-13-16(24)3-8-20(19)32-2/h3-13H,14H2,1-2H3,(H,26,30). The van der Waals surface area contributed by atoms with Crippen LogP contribution >= 0.6 is 23.4 Å². The fourth-order valence-electron chi connectivity index (χ4n) is 3.11. The summed E-state index contributed by atoms with van der Waals surface area (Å²) >= 11 is 7.32. The number of amides is 1. The van der Waals surface area contributed by atoms with Crippen molar-refractivity contribution in [2.75, 3.05) is 25.3 Å². The molecule has 0 aliphatic heterocycles. The van der Waals surface area contributed by atoms with Crippen LogP contribution in [0.1, 0.15) is 0 Å². The zero-order chi connectivity index (χ0) is 23.2. The van der Waals surface area contributed by atoms with Gasteiger partial charge >= 0.3 is 0 Å². The molecule has 2 aromatic heterocycles. The molecule has 0 aliphatic rings. The van der Waals surface area contributed by atoms with Crippen molar-refractivity contribution in [3.05, 3.63) is 72.0 Å². The Hall–Kier alpha value is -3.56. The SMILES string of the molecule is COc1ccc(-n2c(SCC(=O)Nc3cc(Cl)ccc3OC)nnc2-c2ccncc2)cc1. The van der Waals surface area contributed by atoms with Crippen LogP contribution in [0.25, 0.3) is 17.1 Å². The summed E-state index contributed by atoms with van der Waals surface area (Å²) in [6.07, 6.45) is 3.39. The van der Waals surface area contributed by atoms with Gasteiger partial charge in [-0.3, -0.25) is 14.3 Å². The molecule has 0 saturated heterocycles. The third-order valence-corrected chi connectivity index (χ3v) is 5.83. The molecular weight excluding hydrogens is 462 g/mol. The van der Waals surface area contributed by atoms with E-state index >= 15 is 0 Å². The number of carbonyl (C=O) groups excluding carboxylic acids is 1. The van der Waals surface area contributed by atoms with E-state index < -0.39 is 0 Å². The van der Waals surface area contributed by atoms with Crippen LogP contribution in [0.15, 0.2) is 72.1 Å². The minimum Gasteiger partial charge on any atom is -0.497 e. The first-order valence-electron chi connectivity index (χ1n) is 9.85. The summed E-state index contributed by atoms with van der Waals surface area (Å²) < 4.78 is 12.5. The number of nitrogens with zero attached hydrogens (tertiary/aromatic N) is 4. The predicted octanol–water partition coefficient (Wildman–Crippen LogP) is 4.73. The third kappa shape index (κ3) is 5.27. The third-order valence-electron chi connectivity index (χ3n) is 4.67. The van der Waals surface area contributed by atoms with Gasteiger partial charge in [0.05, 0.1) is 25.7 Å². The molecule has 4 rings (SSSR count). The smallest absolute Gasteiger partial charge is 0.234 e. The number of methoxy groups -OCH3 is 2. The number of hydrogen-bond acceptors (Lipinski definition) is 7. The predicted molar refractivity (Wildman–Crippen MR) is 128 cm³/mol. The summed E-state index contributed by atoms with van der Waals surface area (Å²) in [4.78, 5) is 16.7. The second-order valence-corrected chi connectivity index (χ2v) is 8.14. The van der Waals surface area contributed by atoms with Gasteiger partial charge in [0.2, 0.25) is 5.91 Å². The summed E-state index contributed by atoms with van der Waals surface area (Å²) in [7, 11) is 3.15. The van der Waals surface area contributed by atoms with Crippen molar-refractivity contribution in [3.63, 3.8) is 0 Å². The molecule has 0 atom stereocenters. The monoisotopic (exact) mass is 481 g/mol. The number of aromatic nitrogens is 4. The highest BCUT2D eigenvalue weighted by Crippen LogP contribution is 2.30. The van der Waals surface area contributed by atoms with Crippen LogP contribution in [0.2, 0.25) is 5.02 Å². The normalized spacial score (nSPS) is 10.6. The number of rotatable bonds is 8.